The molecule has 0 unspecified atom stereocenters. The Morgan fingerprint density at radius 3 is 2.07 bits per heavy atom. The first-order valence-electron chi connectivity index (χ1n) is 8.81. The molecule has 0 aliphatic heterocycles. The molecule has 0 atom stereocenters. The molecule has 0 saturated carbocycles. The molecule has 3 nitrogen and oxygen atoms in total. The summed E-state index contributed by atoms with van der Waals surface area (Å²) in [4.78, 5) is 12.6. The number of para-hydroxylation sites is 2. The summed E-state index contributed by atoms with van der Waals surface area (Å²) in [5.74, 6) is 0.890. The number of fused-ring (bicyclic) bond motifs is 2. The van der Waals surface area contributed by atoms with E-state index in [0.29, 0.717) is 0 Å². The lowest BCUT2D eigenvalue weighted by molar-refractivity contribution is 0.239. The molecule has 0 amide bonds. The molecule has 0 bridgehead atoms. The van der Waals surface area contributed by atoms with E-state index in [1.807, 2.05) is 42.7 Å². The van der Waals surface area contributed by atoms with E-state index in [4.69, 9.17) is 4.74 Å². The van der Waals surface area contributed by atoms with Crippen LogP contribution >= 0.6 is 23.5 Å². The zero-order valence-electron chi connectivity index (χ0n) is 15.5. The number of hydrogen-bond acceptors (Lipinski definition) is 5. The molecule has 0 spiro atoms. The molecule has 27 heavy (non-hydrogen) atoms. The summed E-state index contributed by atoms with van der Waals surface area (Å²) < 4.78 is 6.20. The van der Waals surface area contributed by atoms with E-state index in [9.17, 15) is 0 Å². The molecule has 0 N–H and O–H groups in total. The molecular weight excluding hydrogens is 372 g/mol. The third-order valence-electron chi connectivity index (χ3n) is 4.16. The number of benzene rings is 2. The van der Waals surface area contributed by atoms with Crippen molar-refractivity contribution in [2.24, 2.45) is 0 Å². The summed E-state index contributed by atoms with van der Waals surface area (Å²) in [5, 5.41) is 2.21. The second-order valence-corrected chi connectivity index (χ2v) is 8.31. The Labute approximate surface area is 167 Å². The van der Waals surface area contributed by atoms with Crippen molar-refractivity contribution in [3.05, 3.63) is 60.9 Å². The normalized spacial score (nSPS) is 11.4. The summed E-state index contributed by atoms with van der Waals surface area (Å²) in [5.41, 5.74) is 1.96. The number of pyridine rings is 2. The van der Waals surface area contributed by atoms with Gasteiger partial charge in [-0.3, -0.25) is 9.97 Å². The summed E-state index contributed by atoms with van der Waals surface area (Å²) in [6.45, 7) is 4.10. The highest BCUT2D eigenvalue weighted by Gasteiger charge is 2.16. The van der Waals surface area contributed by atoms with Gasteiger partial charge in [0.1, 0.15) is 5.75 Å². The van der Waals surface area contributed by atoms with Crippen molar-refractivity contribution in [2.75, 3.05) is 6.26 Å². The molecule has 0 radical (unpaired) electrons. The topological polar surface area (TPSA) is 35.0 Å². The van der Waals surface area contributed by atoms with Crippen molar-refractivity contribution < 1.29 is 4.74 Å². The van der Waals surface area contributed by atoms with Crippen LogP contribution in [0.4, 0.5) is 0 Å². The van der Waals surface area contributed by atoms with Gasteiger partial charge in [-0.1, -0.05) is 42.1 Å². The molecule has 2 aromatic heterocycles. The van der Waals surface area contributed by atoms with E-state index in [0.717, 1.165) is 32.0 Å². The fourth-order valence-corrected chi connectivity index (χ4v) is 4.95. The number of hydrogen-bond donors (Lipinski definition) is 0. The van der Waals surface area contributed by atoms with Gasteiger partial charge in [0, 0.05) is 33.0 Å². The predicted octanol–water partition coefficient (Wildman–Crippen LogP) is 6.44. The largest absolute Gasteiger partial charge is 0.489 e. The molecule has 2 heterocycles. The van der Waals surface area contributed by atoms with E-state index in [-0.39, 0.29) is 6.10 Å². The van der Waals surface area contributed by atoms with Gasteiger partial charge in [-0.05, 0) is 38.3 Å². The summed E-state index contributed by atoms with van der Waals surface area (Å²) in [6.07, 6.45) is 6.05. The van der Waals surface area contributed by atoms with Crippen molar-refractivity contribution in [3.8, 4) is 5.75 Å². The predicted molar refractivity (Wildman–Crippen MR) is 115 cm³/mol. The molecule has 2 aromatic carbocycles. The Hall–Kier alpha value is -2.24. The fourth-order valence-electron chi connectivity index (χ4n) is 3.03. The molecule has 4 rings (SSSR count). The van der Waals surface area contributed by atoms with Crippen LogP contribution in [-0.2, 0) is 0 Å². The molecule has 4 aromatic rings. The third-order valence-corrected chi connectivity index (χ3v) is 6.18. The molecule has 0 aliphatic rings. The lowest BCUT2D eigenvalue weighted by atomic mass is 10.2. The quantitative estimate of drug-likeness (QED) is 0.365. The molecule has 0 fully saturated rings. The summed E-state index contributed by atoms with van der Waals surface area (Å²) in [6, 6.07) is 16.4. The highest BCUT2D eigenvalue weighted by Crippen LogP contribution is 2.43. The minimum atomic E-state index is 0.0879. The first-order valence-corrected chi connectivity index (χ1v) is 10.9. The van der Waals surface area contributed by atoms with Crippen LogP contribution in [-0.4, -0.2) is 22.3 Å². The maximum Gasteiger partial charge on any atom is 0.144 e. The molecule has 0 saturated heterocycles. The van der Waals surface area contributed by atoms with Gasteiger partial charge in [0.2, 0.25) is 0 Å². The van der Waals surface area contributed by atoms with E-state index >= 15 is 0 Å². The van der Waals surface area contributed by atoms with Crippen molar-refractivity contribution in [1.82, 2.24) is 9.97 Å². The summed E-state index contributed by atoms with van der Waals surface area (Å²) >= 11 is 3.41. The number of thioether (sulfide) groups is 1. The van der Waals surface area contributed by atoms with Crippen LogP contribution in [0.15, 0.2) is 75.6 Å². The lowest BCUT2D eigenvalue weighted by Crippen LogP contribution is -2.07. The van der Waals surface area contributed by atoms with E-state index in [1.165, 1.54) is 10.3 Å². The van der Waals surface area contributed by atoms with Crippen molar-refractivity contribution in [1.29, 1.82) is 0 Å². The maximum atomic E-state index is 6.20. The Morgan fingerprint density at radius 2 is 1.41 bits per heavy atom. The van der Waals surface area contributed by atoms with Crippen LogP contribution in [0, 0.1) is 0 Å². The second-order valence-electron chi connectivity index (χ2n) is 6.41. The van der Waals surface area contributed by atoms with Gasteiger partial charge in [0.05, 0.1) is 22.0 Å². The van der Waals surface area contributed by atoms with Gasteiger partial charge in [-0.25, -0.2) is 0 Å². The van der Waals surface area contributed by atoms with Gasteiger partial charge in [-0.15, -0.1) is 11.8 Å². The molecular formula is C22H20N2OS2. The Balaban J connectivity index is 1.85. The van der Waals surface area contributed by atoms with Gasteiger partial charge in [0.15, 0.2) is 0 Å². The average Bonchev–Trinajstić information content (AvgIpc) is 2.69. The lowest BCUT2D eigenvalue weighted by Gasteiger charge is -2.17. The first kappa shape index (κ1) is 18.1. The smallest absolute Gasteiger partial charge is 0.144 e. The minimum absolute atomic E-state index is 0.0879. The zero-order valence-corrected chi connectivity index (χ0v) is 17.1. The van der Waals surface area contributed by atoms with Crippen LogP contribution in [0.25, 0.3) is 21.8 Å². The zero-order chi connectivity index (χ0) is 18.8. The highest BCUT2D eigenvalue weighted by molar-refractivity contribution is 8.02. The minimum Gasteiger partial charge on any atom is -0.489 e. The van der Waals surface area contributed by atoms with E-state index < -0.39 is 0 Å². The standard InChI is InChI=1S/C22H20N2OS2/c1-14(2)25-21-15-8-4-6-10-17(15)23-12-19(21)27-20-13-24-18-11-7-5-9-16(18)22(20)26-3/h4-14H,1-3H3. The average molecular weight is 393 g/mol. The molecule has 136 valence electrons. The van der Waals surface area contributed by atoms with Gasteiger partial charge >= 0.3 is 0 Å². The van der Waals surface area contributed by atoms with Crippen LogP contribution in [0.2, 0.25) is 0 Å². The van der Waals surface area contributed by atoms with E-state index in [2.05, 4.69) is 48.3 Å². The Bertz CT molecular complexity index is 1110. The van der Waals surface area contributed by atoms with E-state index in [1.54, 1.807) is 23.5 Å². The number of ether oxygens (including phenoxy) is 1. The number of rotatable bonds is 5. The molecule has 5 heteroatoms. The third kappa shape index (κ3) is 3.62. The van der Waals surface area contributed by atoms with Crippen molar-refractivity contribution in [2.45, 2.75) is 34.6 Å². The monoisotopic (exact) mass is 392 g/mol. The Morgan fingerprint density at radius 1 is 0.815 bits per heavy atom. The van der Waals surface area contributed by atoms with Gasteiger partial charge in [-0.2, -0.15) is 0 Å². The van der Waals surface area contributed by atoms with Crippen molar-refractivity contribution in [3.63, 3.8) is 0 Å². The van der Waals surface area contributed by atoms with Crippen LogP contribution in [0.1, 0.15) is 13.8 Å². The molecule has 0 aliphatic carbocycles. The maximum absolute atomic E-state index is 6.20. The highest BCUT2D eigenvalue weighted by atomic mass is 32.2. The van der Waals surface area contributed by atoms with Crippen LogP contribution < -0.4 is 4.74 Å². The second kappa shape index (κ2) is 7.79. The fraction of sp³-hybridized carbons (Fsp3) is 0.182. The van der Waals surface area contributed by atoms with Crippen molar-refractivity contribution >= 4 is 45.3 Å². The Kier molecular flexibility index (Phi) is 5.23. The van der Waals surface area contributed by atoms with Gasteiger partial charge in [0.25, 0.3) is 0 Å². The summed E-state index contributed by atoms with van der Waals surface area (Å²) in [7, 11) is 0. The number of nitrogens with zero attached hydrogens (tertiary/aromatic N) is 2. The first-order chi connectivity index (χ1) is 13.2. The van der Waals surface area contributed by atoms with Crippen LogP contribution in [0.5, 0.6) is 5.75 Å². The van der Waals surface area contributed by atoms with Gasteiger partial charge < -0.3 is 4.74 Å². The van der Waals surface area contributed by atoms with Crippen LogP contribution in [0.3, 0.4) is 0 Å². The number of aromatic nitrogens is 2. The SMILES string of the molecule is CSc1c(Sc2cnc3ccccc3c2OC(C)C)cnc2ccccc12.